The first-order valence-corrected chi connectivity index (χ1v) is 12.5. The normalized spacial score (nSPS) is 18.5. The number of nitriles is 1. The van der Waals surface area contributed by atoms with E-state index in [2.05, 4.69) is 33.3 Å². The summed E-state index contributed by atoms with van der Waals surface area (Å²) in [6.07, 6.45) is 7.09. The zero-order valence-corrected chi connectivity index (χ0v) is 21.7. The average molecular weight is 491 g/mol. The van der Waals surface area contributed by atoms with Gasteiger partial charge in [0.2, 0.25) is 5.82 Å². The number of esters is 1. The number of carbonyl (C=O) groups is 1. The van der Waals surface area contributed by atoms with E-state index in [1.807, 2.05) is 40.7 Å². The van der Waals surface area contributed by atoms with Crippen LogP contribution in [0.25, 0.3) is 17.0 Å². The van der Waals surface area contributed by atoms with Gasteiger partial charge in [-0.05, 0) is 84.5 Å². The van der Waals surface area contributed by atoms with Crippen LogP contribution >= 0.6 is 0 Å². The van der Waals surface area contributed by atoms with Gasteiger partial charge in [-0.15, -0.1) is 0 Å². The molecule has 0 amide bonds. The maximum absolute atomic E-state index is 12.3. The topological polar surface area (TPSA) is 101 Å². The van der Waals surface area contributed by atoms with Crippen LogP contribution in [0.15, 0.2) is 40.4 Å². The van der Waals surface area contributed by atoms with Gasteiger partial charge in [0, 0.05) is 17.7 Å². The highest BCUT2D eigenvalue weighted by Gasteiger charge is 2.28. The monoisotopic (exact) mass is 490 g/mol. The van der Waals surface area contributed by atoms with Crippen molar-refractivity contribution in [1.82, 2.24) is 15.0 Å². The molecule has 8 nitrogen and oxygen atoms in total. The van der Waals surface area contributed by atoms with E-state index in [4.69, 9.17) is 14.0 Å². The maximum Gasteiger partial charge on any atom is 0.320 e. The van der Waals surface area contributed by atoms with Crippen molar-refractivity contribution in [1.29, 1.82) is 5.26 Å². The molecule has 1 aromatic heterocycles. The quantitative estimate of drug-likeness (QED) is 0.512. The van der Waals surface area contributed by atoms with Crippen molar-refractivity contribution in [3.8, 4) is 23.3 Å². The molecular formula is C28H34N4O4. The minimum absolute atomic E-state index is 0.0264. The highest BCUT2D eigenvalue weighted by molar-refractivity contribution is 5.73. The summed E-state index contributed by atoms with van der Waals surface area (Å²) in [5.41, 5.74) is 2.93. The first-order chi connectivity index (χ1) is 17.1. The summed E-state index contributed by atoms with van der Waals surface area (Å²) in [6.45, 7) is 11.5. The van der Waals surface area contributed by atoms with Crippen LogP contribution in [0.4, 0.5) is 0 Å². The molecular weight excluding hydrogens is 456 g/mol. The lowest BCUT2D eigenvalue weighted by Crippen LogP contribution is -2.37. The molecule has 1 aliphatic heterocycles. The van der Waals surface area contributed by atoms with Gasteiger partial charge < -0.3 is 14.0 Å². The number of fused-ring (bicyclic) bond motifs is 1. The minimum atomic E-state index is -0.472. The predicted octanol–water partition coefficient (Wildman–Crippen LogP) is 5.16. The van der Waals surface area contributed by atoms with Crippen molar-refractivity contribution < 1.29 is 18.8 Å². The van der Waals surface area contributed by atoms with Gasteiger partial charge in [0.25, 0.3) is 5.89 Å². The van der Waals surface area contributed by atoms with Crippen LogP contribution in [-0.2, 0) is 9.53 Å². The molecule has 2 aromatic rings. The van der Waals surface area contributed by atoms with Crippen LogP contribution in [0.2, 0.25) is 0 Å². The van der Waals surface area contributed by atoms with E-state index in [-0.39, 0.29) is 12.1 Å². The Bertz CT molecular complexity index is 1210. The van der Waals surface area contributed by atoms with Crippen molar-refractivity contribution in [3.05, 3.63) is 47.3 Å². The summed E-state index contributed by atoms with van der Waals surface area (Å²) in [7, 11) is 0. The highest BCUT2D eigenvalue weighted by atomic mass is 16.6. The van der Waals surface area contributed by atoms with Crippen LogP contribution in [0, 0.1) is 17.2 Å². The first kappa shape index (κ1) is 25.6. The molecule has 1 fully saturated rings. The van der Waals surface area contributed by atoms with E-state index < -0.39 is 5.60 Å². The van der Waals surface area contributed by atoms with Crippen LogP contribution in [-0.4, -0.2) is 52.3 Å². The molecule has 0 spiro atoms. The first-order valence-electron chi connectivity index (χ1n) is 12.5. The number of aromatic nitrogens is 2. The van der Waals surface area contributed by atoms with E-state index >= 15 is 0 Å². The molecule has 1 aromatic carbocycles. The lowest BCUT2D eigenvalue weighted by atomic mass is 9.86. The summed E-state index contributed by atoms with van der Waals surface area (Å²) in [5, 5.41) is 13.7. The molecule has 0 radical (unpaired) electrons. The number of rotatable bonds is 6. The fraction of sp³-hybridized carbons (Fsp3) is 0.500. The Hall–Kier alpha value is -3.44. The van der Waals surface area contributed by atoms with Gasteiger partial charge in [-0.2, -0.15) is 10.2 Å². The maximum atomic E-state index is 12.3. The summed E-state index contributed by atoms with van der Waals surface area (Å²) in [6, 6.07) is 7.47. The Labute approximate surface area is 212 Å². The van der Waals surface area contributed by atoms with Crippen molar-refractivity contribution in [2.45, 2.75) is 65.6 Å². The Morgan fingerprint density at radius 3 is 2.86 bits per heavy atom. The lowest BCUT2D eigenvalue weighted by molar-refractivity contribution is -0.156. The van der Waals surface area contributed by atoms with E-state index in [1.165, 1.54) is 5.57 Å². The number of allylic oxidation sites excluding steroid dienone is 3. The number of ether oxygens (including phenoxy) is 2. The number of nitrogens with zero attached hydrogens (tertiary/aromatic N) is 4. The predicted molar refractivity (Wildman–Crippen MR) is 136 cm³/mol. The van der Waals surface area contributed by atoms with Crippen LogP contribution in [0.3, 0.4) is 0 Å². The summed E-state index contributed by atoms with van der Waals surface area (Å²) in [4.78, 5) is 19.1. The molecule has 0 bridgehead atoms. The molecule has 4 rings (SSSR count). The third-order valence-electron chi connectivity index (χ3n) is 6.07. The molecule has 1 atom stereocenters. The Morgan fingerprint density at radius 1 is 1.33 bits per heavy atom. The fourth-order valence-corrected chi connectivity index (χ4v) is 4.60. The minimum Gasteiger partial charge on any atom is -0.490 e. The van der Waals surface area contributed by atoms with Crippen LogP contribution in [0.1, 0.15) is 65.3 Å². The molecule has 1 unspecified atom stereocenters. The smallest absolute Gasteiger partial charge is 0.320 e. The second-order valence-corrected chi connectivity index (χ2v) is 10.6. The molecule has 2 aliphatic rings. The molecule has 8 heteroatoms. The van der Waals surface area contributed by atoms with Gasteiger partial charge in [-0.25, -0.2) is 0 Å². The summed E-state index contributed by atoms with van der Waals surface area (Å²) < 4.78 is 16.8. The second kappa shape index (κ2) is 10.7. The molecule has 36 heavy (non-hydrogen) atoms. The number of carbonyl (C=O) groups excluding carboxylic acids is 1. The van der Waals surface area contributed by atoms with Gasteiger partial charge >= 0.3 is 5.97 Å². The van der Waals surface area contributed by atoms with Crippen molar-refractivity contribution in [2.75, 3.05) is 19.6 Å². The SMILES string of the molecule is CC(C)Oc1ccc(-c2nc(C3=CCC4CN(CC(=O)OC(C)(C)C)CCCC4=C3)no2)cc1C#N. The van der Waals surface area contributed by atoms with E-state index in [0.717, 1.165) is 37.9 Å². The number of hydrogen-bond acceptors (Lipinski definition) is 8. The lowest BCUT2D eigenvalue weighted by Gasteiger charge is -2.27. The van der Waals surface area contributed by atoms with Crippen molar-refractivity contribution >= 4 is 11.5 Å². The molecule has 0 N–H and O–H groups in total. The molecule has 190 valence electrons. The Kier molecular flexibility index (Phi) is 7.60. The zero-order chi connectivity index (χ0) is 25.9. The van der Waals surface area contributed by atoms with Crippen LogP contribution in [0.5, 0.6) is 5.75 Å². The Balaban J connectivity index is 1.45. The van der Waals surface area contributed by atoms with Crippen LogP contribution < -0.4 is 4.74 Å². The van der Waals surface area contributed by atoms with Crippen molar-refractivity contribution in [2.24, 2.45) is 5.92 Å². The fourth-order valence-electron chi connectivity index (χ4n) is 4.60. The van der Waals surface area contributed by atoms with Gasteiger partial charge in [0.05, 0.1) is 18.2 Å². The van der Waals surface area contributed by atoms with Crippen molar-refractivity contribution in [3.63, 3.8) is 0 Å². The van der Waals surface area contributed by atoms with E-state index in [1.54, 1.807) is 12.1 Å². The summed E-state index contributed by atoms with van der Waals surface area (Å²) >= 11 is 0. The second-order valence-electron chi connectivity index (χ2n) is 10.6. The summed E-state index contributed by atoms with van der Waals surface area (Å²) in [5.74, 6) is 1.62. The van der Waals surface area contributed by atoms with Gasteiger partial charge in [0.15, 0.2) is 0 Å². The van der Waals surface area contributed by atoms with Gasteiger partial charge in [0.1, 0.15) is 17.4 Å². The van der Waals surface area contributed by atoms with E-state index in [9.17, 15) is 10.1 Å². The van der Waals surface area contributed by atoms with Gasteiger partial charge in [-0.1, -0.05) is 22.9 Å². The largest absolute Gasteiger partial charge is 0.490 e. The van der Waals surface area contributed by atoms with E-state index in [0.29, 0.717) is 41.1 Å². The number of hydrogen-bond donors (Lipinski definition) is 0. The average Bonchev–Trinajstić information content (AvgIpc) is 3.20. The number of benzene rings is 1. The third kappa shape index (κ3) is 6.41. The zero-order valence-electron chi connectivity index (χ0n) is 21.7. The molecule has 0 saturated carbocycles. The standard InChI is InChI=1S/C28H34N4O4/c1-18(2)34-24-11-10-21(14-23(24)15-29)27-30-26(31-36-27)20-8-9-22-16-32(12-6-7-19(22)13-20)17-25(33)35-28(3,4)5/h8,10-11,13-14,18,22H,6-7,9,12,16-17H2,1-5H3. The molecule has 2 heterocycles. The third-order valence-corrected chi connectivity index (χ3v) is 6.07. The molecule has 1 aliphatic carbocycles. The Morgan fingerprint density at radius 2 is 2.14 bits per heavy atom. The van der Waals surface area contributed by atoms with Gasteiger partial charge in [-0.3, -0.25) is 9.69 Å². The number of likely N-dealkylation sites (tertiary alicyclic amines) is 1. The highest BCUT2D eigenvalue weighted by Crippen LogP contribution is 2.34. The molecule has 1 saturated heterocycles.